The lowest BCUT2D eigenvalue weighted by molar-refractivity contribution is 0.741. The fraction of sp³-hybridized carbons (Fsp3) is 0.412. The second-order valence-corrected chi connectivity index (χ2v) is 5.22. The molecule has 4 nitrogen and oxygen atoms in total. The minimum absolute atomic E-state index is 0.330. The number of hydrogen-bond acceptors (Lipinski definition) is 4. The highest BCUT2D eigenvalue weighted by Gasteiger charge is 2.06. The Hall–Kier alpha value is -2.10. The molecule has 4 heteroatoms. The molecule has 3 N–H and O–H groups in total. The molecule has 0 saturated heterocycles. The molecule has 0 saturated carbocycles. The van der Waals surface area contributed by atoms with E-state index in [1.165, 1.54) is 18.4 Å². The van der Waals surface area contributed by atoms with Gasteiger partial charge in [0.2, 0.25) is 5.95 Å². The number of nitrogens with zero attached hydrogens (tertiary/aromatic N) is 2. The lowest BCUT2D eigenvalue weighted by Crippen LogP contribution is -2.09. The summed E-state index contributed by atoms with van der Waals surface area (Å²) in [7, 11) is 0. The van der Waals surface area contributed by atoms with Gasteiger partial charge in [0.15, 0.2) is 0 Å². The van der Waals surface area contributed by atoms with Crippen LogP contribution in [-0.2, 0) is 12.8 Å². The van der Waals surface area contributed by atoms with E-state index >= 15 is 0 Å². The molecule has 2 aromatic rings. The van der Waals surface area contributed by atoms with Gasteiger partial charge in [-0.05, 0) is 24.8 Å². The molecular weight excluding hydrogens is 260 g/mol. The number of nitrogen functional groups attached to an aromatic ring is 1. The molecule has 1 aromatic heterocycles. The molecule has 0 unspecified atom stereocenters. The number of aromatic nitrogens is 2. The van der Waals surface area contributed by atoms with E-state index < -0.39 is 0 Å². The third-order valence-electron chi connectivity index (χ3n) is 3.48. The lowest BCUT2D eigenvalue weighted by Gasteiger charge is -2.11. The molecule has 0 radical (unpaired) electrons. The summed E-state index contributed by atoms with van der Waals surface area (Å²) < 4.78 is 0. The van der Waals surface area contributed by atoms with Crippen molar-refractivity contribution in [2.75, 3.05) is 17.6 Å². The Kier molecular flexibility index (Phi) is 6.00. The quantitative estimate of drug-likeness (QED) is 0.729. The molecule has 0 spiro atoms. The van der Waals surface area contributed by atoms with Crippen molar-refractivity contribution in [2.24, 2.45) is 0 Å². The summed E-state index contributed by atoms with van der Waals surface area (Å²) in [5.74, 6) is 1.21. The van der Waals surface area contributed by atoms with Crippen LogP contribution in [0.25, 0.3) is 0 Å². The van der Waals surface area contributed by atoms with E-state index in [0.29, 0.717) is 5.95 Å². The third-order valence-corrected chi connectivity index (χ3v) is 3.48. The Morgan fingerprint density at radius 2 is 1.90 bits per heavy atom. The van der Waals surface area contributed by atoms with Crippen LogP contribution in [0.5, 0.6) is 0 Å². The number of hydrogen-bond donors (Lipinski definition) is 2. The number of unbranched alkanes of at least 4 members (excludes halogenated alkanes) is 2. The first-order valence-corrected chi connectivity index (χ1v) is 7.68. The summed E-state index contributed by atoms with van der Waals surface area (Å²) >= 11 is 0. The van der Waals surface area contributed by atoms with Gasteiger partial charge in [-0.25, -0.2) is 4.98 Å². The molecule has 1 heterocycles. The van der Waals surface area contributed by atoms with Crippen molar-refractivity contribution in [1.82, 2.24) is 9.97 Å². The highest BCUT2D eigenvalue weighted by atomic mass is 15.1. The maximum absolute atomic E-state index is 5.70. The van der Waals surface area contributed by atoms with Crippen LogP contribution in [0.15, 0.2) is 36.5 Å². The molecule has 0 fully saturated rings. The van der Waals surface area contributed by atoms with Gasteiger partial charge in [0.05, 0.1) is 0 Å². The fourth-order valence-corrected chi connectivity index (χ4v) is 2.26. The molecule has 0 aliphatic carbocycles. The van der Waals surface area contributed by atoms with E-state index in [1.54, 1.807) is 0 Å². The number of anilines is 2. The summed E-state index contributed by atoms with van der Waals surface area (Å²) in [5.41, 5.74) is 8.16. The molecule has 0 bridgehead atoms. The monoisotopic (exact) mass is 284 g/mol. The largest absolute Gasteiger partial charge is 0.370 e. The van der Waals surface area contributed by atoms with Crippen molar-refractivity contribution in [3.8, 4) is 0 Å². The standard InChI is InChI=1S/C17H24N4/c1-2-3-7-12-19-16-15(13-20-17(18)21-16)11-10-14-8-5-4-6-9-14/h4-6,8-9,13H,2-3,7,10-12H2,1H3,(H3,18,19,20,21). The molecule has 0 amide bonds. The van der Waals surface area contributed by atoms with Crippen molar-refractivity contribution >= 4 is 11.8 Å². The van der Waals surface area contributed by atoms with Crippen molar-refractivity contribution in [2.45, 2.75) is 39.0 Å². The van der Waals surface area contributed by atoms with Gasteiger partial charge in [0, 0.05) is 18.3 Å². The lowest BCUT2D eigenvalue weighted by atomic mass is 10.1. The first kappa shape index (κ1) is 15.3. The summed E-state index contributed by atoms with van der Waals surface area (Å²) in [6, 6.07) is 10.5. The summed E-state index contributed by atoms with van der Waals surface area (Å²) in [5, 5.41) is 3.39. The first-order chi connectivity index (χ1) is 10.3. The van der Waals surface area contributed by atoms with Crippen molar-refractivity contribution in [3.63, 3.8) is 0 Å². The Morgan fingerprint density at radius 1 is 1.10 bits per heavy atom. The predicted octanol–water partition coefficient (Wildman–Crippen LogP) is 3.45. The molecule has 112 valence electrons. The Labute approximate surface area is 126 Å². The molecule has 2 rings (SSSR count). The number of rotatable bonds is 8. The molecule has 0 atom stereocenters. The highest BCUT2D eigenvalue weighted by Crippen LogP contribution is 2.16. The zero-order valence-corrected chi connectivity index (χ0v) is 12.7. The van der Waals surface area contributed by atoms with Crippen LogP contribution in [0.1, 0.15) is 37.3 Å². The third kappa shape index (κ3) is 5.06. The van der Waals surface area contributed by atoms with E-state index in [0.717, 1.165) is 37.2 Å². The first-order valence-electron chi connectivity index (χ1n) is 7.68. The van der Waals surface area contributed by atoms with Gasteiger partial charge in [-0.3, -0.25) is 0 Å². The van der Waals surface area contributed by atoms with E-state index in [4.69, 9.17) is 5.73 Å². The van der Waals surface area contributed by atoms with Gasteiger partial charge in [-0.15, -0.1) is 0 Å². The van der Waals surface area contributed by atoms with Crippen LogP contribution in [0, 0.1) is 0 Å². The molecule has 1 aromatic carbocycles. The Bertz CT molecular complexity index is 540. The molecule has 21 heavy (non-hydrogen) atoms. The van der Waals surface area contributed by atoms with Gasteiger partial charge in [0.25, 0.3) is 0 Å². The average Bonchev–Trinajstić information content (AvgIpc) is 2.52. The van der Waals surface area contributed by atoms with Gasteiger partial charge in [0.1, 0.15) is 5.82 Å². The summed E-state index contributed by atoms with van der Waals surface area (Å²) in [6.07, 6.45) is 7.34. The smallest absolute Gasteiger partial charge is 0.221 e. The Balaban J connectivity index is 1.97. The Morgan fingerprint density at radius 3 is 2.67 bits per heavy atom. The van der Waals surface area contributed by atoms with Gasteiger partial charge >= 0.3 is 0 Å². The maximum atomic E-state index is 5.70. The maximum Gasteiger partial charge on any atom is 0.221 e. The summed E-state index contributed by atoms with van der Waals surface area (Å²) in [4.78, 5) is 8.46. The van der Waals surface area contributed by atoms with E-state index in [-0.39, 0.29) is 0 Å². The predicted molar refractivity (Wildman–Crippen MR) is 88.3 cm³/mol. The number of aryl methyl sites for hydroxylation is 2. The number of nitrogens with two attached hydrogens (primary N) is 1. The SMILES string of the molecule is CCCCCNc1nc(N)ncc1CCc1ccccc1. The second-order valence-electron chi connectivity index (χ2n) is 5.22. The van der Waals surface area contributed by atoms with Crippen LogP contribution in [-0.4, -0.2) is 16.5 Å². The number of benzene rings is 1. The zero-order valence-electron chi connectivity index (χ0n) is 12.7. The van der Waals surface area contributed by atoms with Gasteiger partial charge in [-0.2, -0.15) is 4.98 Å². The van der Waals surface area contributed by atoms with E-state index in [9.17, 15) is 0 Å². The fourth-order valence-electron chi connectivity index (χ4n) is 2.26. The van der Waals surface area contributed by atoms with Gasteiger partial charge in [-0.1, -0.05) is 50.1 Å². The molecule has 0 aliphatic rings. The van der Waals surface area contributed by atoms with Crippen LogP contribution in [0.2, 0.25) is 0 Å². The summed E-state index contributed by atoms with van der Waals surface area (Å²) in [6.45, 7) is 3.14. The number of nitrogens with one attached hydrogen (secondary N) is 1. The highest BCUT2D eigenvalue weighted by molar-refractivity contribution is 5.46. The second kappa shape index (κ2) is 8.25. The molecule has 0 aliphatic heterocycles. The van der Waals surface area contributed by atoms with Crippen LogP contribution in [0.3, 0.4) is 0 Å². The van der Waals surface area contributed by atoms with Crippen molar-refractivity contribution < 1.29 is 0 Å². The van der Waals surface area contributed by atoms with Crippen molar-refractivity contribution in [3.05, 3.63) is 47.7 Å². The average molecular weight is 284 g/mol. The van der Waals surface area contributed by atoms with Crippen molar-refractivity contribution in [1.29, 1.82) is 0 Å². The van der Waals surface area contributed by atoms with Gasteiger partial charge < -0.3 is 11.1 Å². The molecular formula is C17H24N4. The zero-order chi connectivity index (χ0) is 14.9. The van der Waals surface area contributed by atoms with E-state index in [2.05, 4.69) is 46.5 Å². The van der Waals surface area contributed by atoms with Crippen LogP contribution >= 0.6 is 0 Å². The van der Waals surface area contributed by atoms with Crippen LogP contribution < -0.4 is 11.1 Å². The van der Waals surface area contributed by atoms with E-state index in [1.807, 2.05) is 12.3 Å². The minimum atomic E-state index is 0.330. The topological polar surface area (TPSA) is 63.8 Å². The normalized spacial score (nSPS) is 10.5. The van der Waals surface area contributed by atoms with Crippen LogP contribution in [0.4, 0.5) is 11.8 Å². The minimum Gasteiger partial charge on any atom is -0.370 e.